The number of phenolic OH excluding ortho intramolecular Hbond substituents is 1. The molecule has 126 valence electrons. The van der Waals surface area contributed by atoms with Crippen molar-refractivity contribution >= 4 is 35.1 Å². The number of phenols is 1. The van der Waals surface area contributed by atoms with Crippen LogP contribution in [0, 0.1) is 0 Å². The van der Waals surface area contributed by atoms with Crippen LogP contribution >= 0.6 is 23.2 Å². The molecule has 0 radical (unpaired) electrons. The lowest BCUT2D eigenvalue weighted by atomic mass is 10.2. The minimum atomic E-state index is -0.0197. The molecule has 1 N–H and O–H groups in total. The maximum atomic E-state index is 9.93. The van der Waals surface area contributed by atoms with Crippen molar-refractivity contribution in [1.82, 2.24) is 4.90 Å². The molecule has 3 rings (SSSR count). The molecule has 24 heavy (non-hydrogen) atoms. The summed E-state index contributed by atoms with van der Waals surface area (Å²) in [6, 6.07) is 11.2. The van der Waals surface area contributed by atoms with Gasteiger partial charge in [-0.1, -0.05) is 35.3 Å². The Balaban J connectivity index is 1.67. The van der Waals surface area contributed by atoms with Gasteiger partial charge in [-0.3, -0.25) is 9.89 Å². The first-order valence-corrected chi connectivity index (χ1v) is 8.48. The third kappa shape index (κ3) is 4.48. The Morgan fingerprint density at radius 3 is 2.54 bits per heavy atom. The van der Waals surface area contributed by atoms with Crippen molar-refractivity contribution in [3.05, 3.63) is 57.6 Å². The second kappa shape index (κ2) is 7.99. The number of hydrogen-bond donors (Lipinski definition) is 1. The molecule has 4 nitrogen and oxygen atoms in total. The van der Waals surface area contributed by atoms with Crippen molar-refractivity contribution < 1.29 is 9.84 Å². The van der Waals surface area contributed by atoms with E-state index in [4.69, 9.17) is 27.9 Å². The Hall–Kier alpha value is -1.59. The Bertz CT molecular complexity index is 727. The zero-order valence-electron chi connectivity index (χ0n) is 13.1. The van der Waals surface area contributed by atoms with E-state index in [0.717, 1.165) is 38.5 Å². The number of hydrogen-bond acceptors (Lipinski definition) is 4. The molecule has 0 aromatic heterocycles. The molecule has 2 aromatic rings. The largest absolute Gasteiger partial charge is 0.506 e. The van der Waals surface area contributed by atoms with Gasteiger partial charge in [-0.25, -0.2) is 0 Å². The molecule has 0 atom stereocenters. The van der Waals surface area contributed by atoms with Crippen molar-refractivity contribution in [3.8, 4) is 5.75 Å². The molecule has 1 saturated heterocycles. The predicted molar refractivity (Wildman–Crippen MR) is 97.9 cm³/mol. The Kier molecular flexibility index (Phi) is 5.74. The standard InChI is InChI=1S/C18H18Cl2N2O2/c19-15-9-14(18(23)17(20)10-15)11-21-16-3-1-13(2-4-16)12-22-5-7-24-8-6-22/h1-4,9-11,23H,5-8,12H2. The van der Waals surface area contributed by atoms with Crippen LogP contribution in [0.2, 0.25) is 10.0 Å². The first-order valence-electron chi connectivity index (χ1n) is 7.73. The summed E-state index contributed by atoms with van der Waals surface area (Å²) >= 11 is 11.9. The van der Waals surface area contributed by atoms with Crippen LogP contribution in [-0.2, 0) is 11.3 Å². The van der Waals surface area contributed by atoms with E-state index in [9.17, 15) is 5.11 Å². The molecule has 2 aromatic carbocycles. The van der Waals surface area contributed by atoms with Crippen LogP contribution in [0.5, 0.6) is 5.75 Å². The summed E-state index contributed by atoms with van der Waals surface area (Å²) in [6.07, 6.45) is 1.56. The van der Waals surface area contributed by atoms with Crippen LogP contribution in [0.15, 0.2) is 41.4 Å². The van der Waals surface area contributed by atoms with Gasteiger partial charge in [-0.2, -0.15) is 0 Å². The van der Waals surface area contributed by atoms with E-state index in [1.54, 1.807) is 12.3 Å². The highest BCUT2D eigenvalue weighted by Crippen LogP contribution is 2.30. The van der Waals surface area contributed by atoms with Crippen LogP contribution in [0.4, 0.5) is 5.69 Å². The van der Waals surface area contributed by atoms with Gasteiger partial charge in [-0.05, 0) is 29.8 Å². The molecule has 0 unspecified atom stereocenters. The molecule has 0 spiro atoms. The predicted octanol–water partition coefficient (Wildman–Crippen LogP) is 4.28. The maximum absolute atomic E-state index is 9.93. The molecule has 0 amide bonds. The van der Waals surface area contributed by atoms with Gasteiger partial charge < -0.3 is 9.84 Å². The molecule has 1 aliphatic rings. The number of nitrogens with zero attached hydrogens (tertiary/aromatic N) is 2. The first-order chi connectivity index (χ1) is 11.6. The number of ether oxygens (including phenoxy) is 1. The van der Waals surface area contributed by atoms with Gasteiger partial charge in [0, 0.05) is 36.4 Å². The smallest absolute Gasteiger partial charge is 0.143 e. The first kappa shape index (κ1) is 17.2. The number of rotatable bonds is 4. The summed E-state index contributed by atoms with van der Waals surface area (Å²) in [7, 11) is 0. The molecule has 0 bridgehead atoms. The normalized spacial score (nSPS) is 15.9. The van der Waals surface area contributed by atoms with E-state index in [-0.39, 0.29) is 10.8 Å². The summed E-state index contributed by atoms with van der Waals surface area (Å²) in [5, 5.41) is 10.6. The zero-order chi connectivity index (χ0) is 16.9. The highest BCUT2D eigenvalue weighted by atomic mass is 35.5. The van der Waals surface area contributed by atoms with Crippen LogP contribution in [0.1, 0.15) is 11.1 Å². The average Bonchev–Trinajstić information content (AvgIpc) is 2.59. The molecule has 1 heterocycles. The highest BCUT2D eigenvalue weighted by molar-refractivity contribution is 6.36. The SMILES string of the molecule is Oc1c(Cl)cc(Cl)cc1C=Nc1ccc(CN2CCOCC2)cc1. The Morgan fingerprint density at radius 1 is 1.12 bits per heavy atom. The van der Waals surface area contributed by atoms with E-state index in [1.165, 1.54) is 11.6 Å². The molecule has 0 saturated carbocycles. The Labute approximate surface area is 151 Å². The summed E-state index contributed by atoms with van der Waals surface area (Å²) in [5.41, 5.74) is 2.53. The summed E-state index contributed by atoms with van der Waals surface area (Å²) in [5.74, 6) is -0.0197. The average molecular weight is 365 g/mol. The highest BCUT2D eigenvalue weighted by Gasteiger charge is 2.10. The topological polar surface area (TPSA) is 45.1 Å². The summed E-state index contributed by atoms with van der Waals surface area (Å²) in [4.78, 5) is 6.74. The van der Waals surface area contributed by atoms with Gasteiger partial charge in [0.25, 0.3) is 0 Å². The number of halogens is 2. The van der Waals surface area contributed by atoms with Crippen molar-refractivity contribution in [2.75, 3.05) is 26.3 Å². The molecule has 1 aliphatic heterocycles. The van der Waals surface area contributed by atoms with Crippen molar-refractivity contribution in [3.63, 3.8) is 0 Å². The lowest BCUT2D eigenvalue weighted by Crippen LogP contribution is -2.35. The van der Waals surface area contributed by atoms with Gasteiger partial charge in [0.05, 0.1) is 23.9 Å². The van der Waals surface area contributed by atoms with Crippen LogP contribution in [-0.4, -0.2) is 42.5 Å². The van der Waals surface area contributed by atoms with E-state index >= 15 is 0 Å². The fraction of sp³-hybridized carbons (Fsp3) is 0.278. The van der Waals surface area contributed by atoms with Gasteiger partial charge in [0.15, 0.2) is 0 Å². The van der Waals surface area contributed by atoms with Crippen molar-refractivity contribution in [2.24, 2.45) is 4.99 Å². The fourth-order valence-electron chi connectivity index (χ4n) is 2.53. The number of aromatic hydroxyl groups is 1. The zero-order valence-corrected chi connectivity index (χ0v) is 14.6. The molecule has 0 aliphatic carbocycles. The number of benzene rings is 2. The summed E-state index contributed by atoms with van der Waals surface area (Å²) in [6.45, 7) is 4.45. The van der Waals surface area contributed by atoms with Crippen molar-refractivity contribution in [1.29, 1.82) is 0 Å². The second-order valence-corrected chi connectivity index (χ2v) is 6.48. The van der Waals surface area contributed by atoms with E-state index in [0.29, 0.717) is 10.6 Å². The second-order valence-electron chi connectivity index (χ2n) is 5.64. The van der Waals surface area contributed by atoms with Gasteiger partial charge in [-0.15, -0.1) is 0 Å². The van der Waals surface area contributed by atoms with Gasteiger partial charge in [0.2, 0.25) is 0 Å². The van der Waals surface area contributed by atoms with E-state index in [2.05, 4.69) is 22.0 Å². The Morgan fingerprint density at radius 2 is 1.83 bits per heavy atom. The molecule has 6 heteroatoms. The minimum absolute atomic E-state index is 0.0197. The lowest BCUT2D eigenvalue weighted by molar-refractivity contribution is 0.0342. The van der Waals surface area contributed by atoms with E-state index < -0.39 is 0 Å². The van der Waals surface area contributed by atoms with Crippen LogP contribution in [0.3, 0.4) is 0 Å². The third-order valence-corrected chi connectivity index (χ3v) is 4.36. The molecule has 1 fully saturated rings. The van der Waals surface area contributed by atoms with Crippen LogP contribution < -0.4 is 0 Å². The molecular formula is C18H18Cl2N2O2. The van der Waals surface area contributed by atoms with Crippen LogP contribution in [0.25, 0.3) is 0 Å². The van der Waals surface area contributed by atoms with Gasteiger partial charge in [0.1, 0.15) is 5.75 Å². The third-order valence-electron chi connectivity index (χ3n) is 3.86. The van der Waals surface area contributed by atoms with Crippen molar-refractivity contribution in [2.45, 2.75) is 6.54 Å². The van der Waals surface area contributed by atoms with Gasteiger partial charge >= 0.3 is 0 Å². The number of morpholine rings is 1. The lowest BCUT2D eigenvalue weighted by Gasteiger charge is -2.26. The fourth-order valence-corrected chi connectivity index (χ4v) is 3.04. The molecular weight excluding hydrogens is 347 g/mol. The summed E-state index contributed by atoms with van der Waals surface area (Å²) < 4.78 is 5.36. The monoisotopic (exact) mass is 364 g/mol. The number of aliphatic imine (C=N–C) groups is 1. The quantitative estimate of drug-likeness (QED) is 0.823. The van der Waals surface area contributed by atoms with E-state index in [1.807, 2.05) is 12.1 Å². The maximum Gasteiger partial charge on any atom is 0.143 e. The minimum Gasteiger partial charge on any atom is -0.506 e.